The number of Topliss-reactive ketones (excluding diaryl/α,β-unsaturated/α-hetero) is 1. The first-order valence-electron chi connectivity index (χ1n) is 6.21. The lowest BCUT2D eigenvalue weighted by molar-refractivity contribution is 0.0603. The number of anilines is 2. The number of nitrogen functional groups attached to an aromatic ring is 1. The molecule has 0 radical (unpaired) electrons. The number of hydrogen-bond donors (Lipinski definition) is 2. The fourth-order valence-corrected chi connectivity index (χ4v) is 2.81. The summed E-state index contributed by atoms with van der Waals surface area (Å²) in [5, 5.41) is 3.58. The number of ether oxygens (including phenoxy) is 2. The zero-order chi connectivity index (χ0) is 15.3. The zero-order valence-corrected chi connectivity index (χ0v) is 12.9. The van der Waals surface area contributed by atoms with Gasteiger partial charge in [0, 0.05) is 19.6 Å². The van der Waals surface area contributed by atoms with E-state index in [9.17, 15) is 9.59 Å². The molecule has 1 rings (SSSR count). The number of carbonyl (C=O) groups is 2. The van der Waals surface area contributed by atoms with Crippen molar-refractivity contribution >= 4 is 33.8 Å². The lowest BCUT2D eigenvalue weighted by Crippen LogP contribution is -2.12. The minimum atomic E-state index is -0.554. The molecule has 0 aliphatic rings. The molecule has 0 amide bonds. The van der Waals surface area contributed by atoms with Gasteiger partial charge in [0.25, 0.3) is 0 Å². The van der Waals surface area contributed by atoms with Crippen molar-refractivity contribution in [3.05, 3.63) is 10.4 Å². The molecule has 6 nitrogen and oxygen atoms in total. The van der Waals surface area contributed by atoms with Gasteiger partial charge in [0.1, 0.15) is 10.6 Å². The van der Waals surface area contributed by atoms with Gasteiger partial charge in [-0.3, -0.25) is 4.79 Å². The topological polar surface area (TPSA) is 90.6 Å². The van der Waals surface area contributed by atoms with Gasteiger partial charge in [0.15, 0.2) is 5.78 Å². The van der Waals surface area contributed by atoms with Gasteiger partial charge in [0.05, 0.1) is 24.3 Å². The van der Waals surface area contributed by atoms with Gasteiger partial charge in [-0.2, -0.15) is 0 Å². The summed E-state index contributed by atoms with van der Waals surface area (Å²) in [5.74, 6) is -0.827. The number of ketones is 1. The van der Waals surface area contributed by atoms with E-state index in [1.54, 1.807) is 21.0 Å². The van der Waals surface area contributed by atoms with Crippen molar-refractivity contribution in [1.29, 1.82) is 0 Å². The molecule has 0 fully saturated rings. The molecular weight excluding hydrogens is 280 g/mol. The van der Waals surface area contributed by atoms with Crippen LogP contribution in [0.15, 0.2) is 0 Å². The average Bonchev–Trinajstić information content (AvgIpc) is 2.74. The monoisotopic (exact) mass is 300 g/mol. The minimum absolute atomic E-state index is 0.0857. The summed E-state index contributed by atoms with van der Waals surface area (Å²) in [6.45, 7) is 4.57. The third-order valence-electron chi connectivity index (χ3n) is 2.67. The molecule has 0 unspecified atom stereocenters. The minimum Gasteiger partial charge on any atom is -0.465 e. The van der Waals surface area contributed by atoms with E-state index in [1.807, 2.05) is 0 Å². The number of rotatable bonds is 7. The van der Waals surface area contributed by atoms with Gasteiger partial charge in [-0.05, 0) is 0 Å². The summed E-state index contributed by atoms with van der Waals surface area (Å²) >= 11 is 1.17. The fraction of sp³-hybridized carbons (Fsp3) is 0.538. The second-order valence-electron chi connectivity index (χ2n) is 4.48. The normalized spacial score (nSPS) is 10.7. The first-order chi connectivity index (χ1) is 9.43. The average molecular weight is 300 g/mol. The summed E-state index contributed by atoms with van der Waals surface area (Å²) in [7, 11) is 2.86. The van der Waals surface area contributed by atoms with Crippen LogP contribution < -0.4 is 11.1 Å². The van der Waals surface area contributed by atoms with Crippen molar-refractivity contribution in [1.82, 2.24) is 0 Å². The van der Waals surface area contributed by atoms with E-state index < -0.39 is 5.97 Å². The van der Waals surface area contributed by atoms with E-state index in [0.717, 1.165) is 0 Å². The van der Waals surface area contributed by atoms with E-state index in [-0.39, 0.29) is 23.0 Å². The van der Waals surface area contributed by atoms with Gasteiger partial charge in [0.2, 0.25) is 0 Å². The van der Waals surface area contributed by atoms with Crippen molar-refractivity contribution in [2.24, 2.45) is 5.92 Å². The van der Waals surface area contributed by atoms with Gasteiger partial charge in [-0.1, -0.05) is 13.8 Å². The Labute approximate surface area is 122 Å². The Hall–Kier alpha value is -1.60. The van der Waals surface area contributed by atoms with E-state index >= 15 is 0 Å². The Morgan fingerprint density at radius 2 is 2.00 bits per heavy atom. The molecule has 0 aliphatic heterocycles. The van der Waals surface area contributed by atoms with Crippen molar-refractivity contribution < 1.29 is 19.1 Å². The van der Waals surface area contributed by atoms with Crippen molar-refractivity contribution in [3.63, 3.8) is 0 Å². The highest BCUT2D eigenvalue weighted by Crippen LogP contribution is 2.37. The molecular formula is C13H20N2O4S. The van der Waals surface area contributed by atoms with Crippen LogP contribution in [0.2, 0.25) is 0 Å². The first-order valence-corrected chi connectivity index (χ1v) is 7.03. The molecule has 7 heteroatoms. The highest BCUT2D eigenvalue weighted by atomic mass is 32.1. The van der Waals surface area contributed by atoms with E-state index in [1.165, 1.54) is 18.4 Å². The van der Waals surface area contributed by atoms with Crippen molar-refractivity contribution in [3.8, 4) is 0 Å². The number of nitrogens with two attached hydrogens (primary N) is 1. The number of thiophene rings is 1. The highest BCUT2D eigenvalue weighted by molar-refractivity contribution is 7.19. The summed E-state index contributed by atoms with van der Waals surface area (Å²) in [6, 6.07) is 0. The lowest BCUT2D eigenvalue weighted by atomic mass is 10.1. The van der Waals surface area contributed by atoms with Crippen LogP contribution in [0.1, 0.15) is 33.9 Å². The quantitative estimate of drug-likeness (QED) is 0.455. The van der Waals surface area contributed by atoms with E-state index in [0.29, 0.717) is 23.0 Å². The number of esters is 1. The number of nitrogens with one attached hydrogen (secondary N) is 1. The highest BCUT2D eigenvalue weighted by Gasteiger charge is 2.27. The Balaban J connectivity index is 3.17. The number of carbonyl (C=O) groups excluding carboxylic acids is 2. The van der Waals surface area contributed by atoms with Crippen LogP contribution in [0, 0.1) is 5.92 Å². The molecule has 0 aliphatic carbocycles. The van der Waals surface area contributed by atoms with E-state index in [2.05, 4.69) is 5.32 Å². The van der Waals surface area contributed by atoms with Crippen molar-refractivity contribution in [2.45, 2.75) is 13.8 Å². The van der Waals surface area contributed by atoms with Crippen LogP contribution >= 0.6 is 11.3 Å². The number of hydrogen-bond acceptors (Lipinski definition) is 7. The maximum Gasteiger partial charge on any atom is 0.343 e. The summed E-state index contributed by atoms with van der Waals surface area (Å²) in [5.41, 5.74) is 6.34. The Morgan fingerprint density at radius 1 is 1.35 bits per heavy atom. The molecule has 0 saturated heterocycles. The second-order valence-corrected chi connectivity index (χ2v) is 5.50. The smallest absolute Gasteiger partial charge is 0.343 e. The Bertz CT molecular complexity index is 497. The molecule has 0 aromatic carbocycles. The van der Waals surface area contributed by atoms with Crippen LogP contribution in [-0.2, 0) is 9.47 Å². The number of methoxy groups -OCH3 is 2. The molecule has 0 spiro atoms. The second kappa shape index (κ2) is 7.25. The molecule has 1 heterocycles. The molecule has 0 atom stereocenters. The van der Waals surface area contributed by atoms with Gasteiger partial charge in [-0.25, -0.2) is 4.79 Å². The maximum absolute atomic E-state index is 12.1. The molecule has 0 saturated carbocycles. The molecule has 3 N–H and O–H groups in total. The maximum atomic E-state index is 12.1. The predicted octanol–water partition coefficient (Wildman–Crippen LogP) is 2.01. The summed E-state index contributed by atoms with van der Waals surface area (Å²) < 4.78 is 9.66. The third kappa shape index (κ3) is 3.49. The van der Waals surface area contributed by atoms with Gasteiger partial charge < -0.3 is 20.5 Å². The third-order valence-corrected chi connectivity index (χ3v) is 3.85. The molecule has 1 aromatic heterocycles. The zero-order valence-electron chi connectivity index (χ0n) is 12.1. The van der Waals surface area contributed by atoms with Gasteiger partial charge in [-0.15, -0.1) is 11.3 Å². The fourth-order valence-electron chi connectivity index (χ4n) is 1.58. The van der Waals surface area contributed by atoms with Crippen LogP contribution in [-0.4, -0.2) is 39.1 Å². The van der Waals surface area contributed by atoms with E-state index in [4.69, 9.17) is 15.2 Å². The SMILES string of the molecule is COCCNc1sc(C(=O)C(C)C)c(N)c1C(=O)OC. The lowest BCUT2D eigenvalue weighted by Gasteiger charge is -2.05. The predicted molar refractivity (Wildman–Crippen MR) is 79.6 cm³/mol. The Kier molecular flexibility index (Phi) is 5.97. The first kappa shape index (κ1) is 16.5. The van der Waals surface area contributed by atoms with Crippen LogP contribution in [0.25, 0.3) is 0 Å². The standard InChI is InChI=1S/C13H20N2O4S/c1-7(2)10(16)11-9(14)8(13(17)19-4)12(20-11)15-5-6-18-3/h7,15H,5-6,14H2,1-4H3. The molecule has 20 heavy (non-hydrogen) atoms. The van der Waals surface area contributed by atoms with Gasteiger partial charge >= 0.3 is 5.97 Å². The summed E-state index contributed by atoms with van der Waals surface area (Å²) in [6.07, 6.45) is 0. The molecule has 112 valence electrons. The Morgan fingerprint density at radius 3 is 2.50 bits per heavy atom. The van der Waals surface area contributed by atoms with Crippen LogP contribution in [0.3, 0.4) is 0 Å². The van der Waals surface area contributed by atoms with Crippen molar-refractivity contribution in [2.75, 3.05) is 38.4 Å². The van der Waals surface area contributed by atoms with Crippen LogP contribution in [0.5, 0.6) is 0 Å². The largest absolute Gasteiger partial charge is 0.465 e. The molecule has 0 bridgehead atoms. The molecule has 1 aromatic rings. The van der Waals surface area contributed by atoms with Crippen LogP contribution in [0.4, 0.5) is 10.7 Å². The summed E-state index contributed by atoms with van der Waals surface area (Å²) in [4.78, 5) is 24.3.